The van der Waals surface area contributed by atoms with E-state index in [-0.39, 0.29) is 24.5 Å². The van der Waals surface area contributed by atoms with Crippen molar-refractivity contribution < 1.29 is 18.7 Å². The van der Waals surface area contributed by atoms with Crippen LogP contribution in [0.2, 0.25) is 0 Å². The highest BCUT2D eigenvalue weighted by atomic mass is 16.5. The molecule has 0 aliphatic carbocycles. The van der Waals surface area contributed by atoms with E-state index in [2.05, 4.69) is 5.32 Å². The van der Waals surface area contributed by atoms with Crippen LogP contribution in [0.15, 0.2) is 40.8 Å². The van der Waals surface area contributed by atoms with Gasteiger partial charge in [-0.15, -0.1) is 0 Å². The van der Waals surface area contributed by atoms with Crippen molar-refractivity contribution in [3.05, 3.63) is 59.1 Å². The molecule has 0 saturated heterocycles. The number of aryl methyl sites for hydroxylation is 1. The van der Waals surface area contributed by atoms with Crippen LogP contribution in [-0.2, 0) is 16.1 Å². The highest BCUT2D eigenvalue weighted by molar-refractivity contribution is 5.91. The fourth-order valence-corrected chi connectivity index (χ4v) is 3.18. The zero-order valence-electron chi connectivity index (χ0n) is 16.0. The summed E-state index contributed by atoms with van der Waals surface area (Å²) >= 11 is 0. The lowest BCUT2D eigenvalue weighted by molar-refractivity contribution is -0.122. The van der Waals surface area contributed by atoms with E-state index in [4.69, 9.17) is 9.15 Å². The number of para-hydroxylation sites is 1. The fourth-order valence-electron chi connectivity index (χ4n) is 3.18. The second kappa shape index (κ2) is 7.70. The van der Waals surface area contributed by atoms with E-state index in [0.717, 1.165) is 22.4 Å². The molecule has 1 aromatic carbocycles. The smallest absolute Gasteiger partial charge is 0.339 e. The zero-order chi connectivity index (χ0) is 19.6. The van der Waals surface area contributed by atoms with Gasteiger partial charge in [-0.05, 0) is 45.9 Å². The van der Waals surface area contributed by atoms with Gasteiger partial charge in [0.1, 0.15) is 17.9 Å². The molecule has 1 N–H and O–H groups in total. The lowest BCUT2D eigenvalue weighted by atomic mass is 10.2. The van der Waals surface area contributed by atoms with Gasteiger partial charge in [0.25, 0.3) is 0 Å². The van der Waals surface area contributed by atoms with E-state index in [1.165, 1.54) is 0 Å². The molecule has 6 nitrogen and oxygen atoms in total. The molecule has 27 heavy (non-hydrogen) atoms. The lowest BCUT2D eigenvalue weighted by Crippen LogP contribution is -2.30. The molecular weight excluding hydrogens is 344 g/mol. The van der Waals surface area contributed by atoms with Crippen molar-refractivity contribution in [3.8, 4) is 0 Å². The zero-order valence-corrected chi connectivity index (χ0v) is 16.0. The fraction of sp³-hybridized carbons (Fsp3) is 0.333. The first-order chi connectivity index (χ1) is 12.9. The van der Waals surface area contributed by atoms with Crippen molar-refractivity contribution in [3.63, 3.8) is 0 Å². The van der Waals surface area contributed by atoms with Gasteiger partial charge in [-0.3, -0.25) is 4.79 Å². The Morgan fingerprint density at radius 2 is 1.96 bits per heavy atom. The Morgan fingerprint density at radius 1 is 1.22 bits per heavy atom. The number of rotatable bonds is 6. The van der Waals surface area contributed by atoms with Gasteiger partial charge in [-0.1, -0.05) is 18.2 Å². The van der Waals surface area contributed by atoms with Crippen molar-refractivity contribution in [1.29, 1.82) is 0 Å². The van der Waals surface area contributed by atoms with E-state index in [9.17, 15) is 9.59 Å². The summed E-state index contributed by atoms with van der Waals surface area (Å²) in [7, 11) is 0. The Bertz CT molecular complexity index is 950. The van der Waals surface area contributed by atoms with Gasteiger partial charge in [0, 0.05) is 16.8 Å². The van der Waals surface area contributed by atoms with Crippen LogP contribution >= 0.6 is 0 Å². The third kappa shape index (κ3) is 3.89. The van der Waals surface area contributed by atoms with Crippen LogP contribution < -0.4 is 5.32 Å². The largest absolute Gasteiger partial charge is 0.462 e. The van der Waals surface area contributed by atoms with Crippen molar-refractivity contribution >= 4 is 22.8 Å². The van der Waals surface area contributed by atoms with Crippen molar-refractivity contribution in [2.45, 2.75) is 40.3 Å². The van der Waals surface area contributed by atoms with Crippen LogP contribution in [-0.4, -0.2) is 23.1 Å². The Hall–Kier alpha value is -3.02. The van der Waals surface area contributed by atoms with Crippen LogP contribution in [0.4, 0.5) is 0 Å². The molecule has 2 aromatic heterocycles. The normalized spacial score (nSPS) is 12.1. The monoisotopic (exact) mass is 368 g/mol. The van der Waals surface area contributed by atoms with Gasteiger partial charge in [-0.25, -0.2) is 4.79 Å². The van der Waals surface area contributed by atoms with Gasteiger partial charge in [0.15, 0.2) is 0 Å². The van der Waals surface area contributed by atoms with E-state index in [1.54, 1.807) is 13.0 Å². The molecule has 3 aromatic rings. The first kappa shape index (κ1) is 18.8. The van der Waals surface area contributed by atoms with E-state index in [1.807, 2.05) is 55.7 Å². The summed E-state index contributed by atoms with van der Waals surface area (Å²) in [6.45, 7) is 7.78. The Morgan fingerprint density at radius 3 is 2.67 bits per heavy atom. The van der Waals surface area contributed by atoms with Gasteiger partial charge >= 0.3 is 5.97 Å². The Labute approximate surface area is 158 Å². The van der Waals surface area contributed by atoms with Crippen LogP contribution in [0.1, 0.15) is 47.4 Å². The molecule has 0 bridgehead atoms. The molecule has 142 valence electrons. The third-order valence-corrected chi connectivity index (χ3v) is 4.62. The number of nitrogens with zero attached hydrogens (tertiary/aromatic N) is 1. The average molecular weight is 368 g/mol. The molecule has 3 rings (SSSR count). The summed E-state index contributed by atoms with van der Waals surface area (Å²) in [5.41, 5.74) is 2.84. The highest BCUT2D eigenvalue weighted by Crippen LogP contribution is 2.23. The van der Waals surface area contributed by atoms with Gasteiger partial charge in [0.05, 0.1) is 18.2 Å². The Balaban J connectivity index is 1.71. The van der Waals surface area contributed by atoms with E-state index < -0.39 is 0 Å². The summed E-state index contributed by atoms with van der Waals surface area (Å²) in [5, 5.41) is 3.96. The number of hydrogen-bond donors (Lipinski definition) is 1. The van der Waals surface area contributed by atoms with Gasteiger partial charge in [-0.2, -0.15) is 0 Å². The first-order valence-electron chi connectivity index (χ1n) is 9.02. The van der Waals surface area contributed by atoms with Crippen LogP contribution in [0.3, 0.4) is 0 Å². The summed E-state index contributed by atoms with van der Waals surface area (Å²) < 4.78 is 12.7. The highest BCUT2D eigenvalue weighted by Gasteiger charge is 2.19. The quantitative estimate of drug-likeness (QED) is 0.670. The average Bonchev–Trinajstić information content (AvgIpc) is 3.18. The van der Waals surface area contributed by atoms with E-state index >= 15 is 0 Å². The van der Waals surface area contributed by atoms with E-state index in [0.29, 0.717) is 17.9 Å². The number of carbonyl (C=O) groups excluding carboxylic acids is 2. The maximum Gasteiger partial charge on any atom is 0.339 e. The van der Waals surface area contributed by atoms with Gasteiger partial charge in [0.2, 0.25) is 5.91 Å². The van der Waals surface area contributed by atoms with Crippen molar-refractivity contribution in [2.75, 3.05) is 6.61 Å². The number of nitrogens with one attached hydrogen (secondary N) is 1. The number of ether oxygens (including phenoxy) is 1. The standard InChI is InChI=1S/C21H24N2O4/c1-5-26-21(25)17-10-13(2)23(15(17)4)12-20(24)22-14(3)19-11-16-8-6-7-9-18(16)27-19/h6-11,14H,5,12H2,1-4H3,(H,22,24)/t14-/m1/s1. The lowest BCUT2D eigenvalue weighted by Gasteiger charge is -2.14. The minimum atomic E-state index is -0.368. The number of amides is 1. The predicted octanol–water partition coefficient (Wildman–Crippen LogP) is 3.91. The number of esters is 1. The molecular formula is C21H24N2O4. The van der Waals surface area contributed by atoms with Crippen LogP contribution in [0.5, 0.6) is 0 Å². The molecule has 0 aliphatic rings. The van der Waals surface area contributed by atoms with Crippen LogP contribution in [0.25, 0.3) is 11.0 Å². The first-order valence-corrected chi connectivity index (χ1v) is 9.02. The van der Waals surface area contributed by atoms with Crippen molar-refractivity contribution in [2.24, 2.45) is 0 Å². The molecule has 6 heteroatoms. The maximum absolute atomic E-state index is 12.5. The summed E-state index contributed by atoms with van der Waals surface area (Å²) in [5.74, 6) is 0.186. The SMILES string of the molecule is CCOC(=O)c1cc(C)n(CC(=O)N[C@H](C)c2cc3ccccc3o2)c1C. The number of carbonyl (C=O) groups is 2. The topological polar surface area (TPSA) is 73.5 Å². The maximum atomic E-state index is 12.5. The van der Waals surface area contributed by atoms with Crippen LogP contribution in [0, 0.1) is 13.8 Å². The Kier molecular flexibility index (Phi) is 5.35. The second-order valence-electron chi connectivity index (χ2n) is 6.57. The third-order valence-electron chi connectivity index (χ3n) is 4.62. The molecule has 0 radical (unpaired) electrons. The second-order valence-corrected chi connectivity index (χ2v) is 6.57. The number of benzene rings is 1. The predicted molar refractivity (Wildman–Crippen MR) is 103 cm³/mol. The molecule has 1 amide bonds. The molecule has 0 unspecified atom stereocenters. The number of aromatic nitrogens is 1. The molecule has 0 saturated carbocycles. The summed E-state index contributed by atoms with van der Waals surface area (Å²) in [6, 6.07) is 11.2. The summed E-state index contributed by atoms with van der Waals surface area (Å²) in [6.07, 6.45) is 0. The molecule has 1 atom stereocenters. The minimum absolute atomic E-state index is 0.127. The molecule has 0 fully saturated rings. The molecule has 0 aliphatic heterocycles. The molecule has 0 spiro atoms. The number of fused-ring (bicyclic) bond motifs is 1. The van der Waals surface area contributed by atoms with Gasteiger partial charge < -0.3 is 19.0 Å². The number of furan rings is 1. The molecule has 2 heterocycles. The number of hydrogen-bond acceptors (Lipinski definition) is 4. The minimum Gasteiger partial charge on any atom is -0.462 e. The van der Waals surface area contributed by atoms with Crippen molar-refractivity contribution in [1.82, 2.24) is 9.88 Å². The summed E-state index contributed by atoms with van der Waals surface area (Å²) in [4.78, 5) is 24.5.